The van der Waals surface area contributed by atoms with Crippen molar-refractivity contribution in [2.75, 3.05) is 0 Å². The number of nitrogens with one attached hydrogen (secondary N) is 2. The van der Waals surface area contributed by atoms with Crippen molar-refractivity contribution in [2.45, 2.75) is 57.7 Å². The summed E-state index contributed by atoms with van der Waals surface area (Å²) in [7, 11) is 0. The van der Waals surface area contributed by atoms with Gasteiger partial charge < -0.3 is 10.4 Å². The second-order valence-electron chi connectivity index (χ2n) is 9.74. The minimum absolute atomic E-state index is 0.0574. The van der Waals surface area contributed by atoms with Crippen LogP contribution >= 0.6 is 0 Å². The largest absolute Gasteiger partial charge is 0.504 e. The molecule has 0 spiro atoms. The molecule has 1 aromatic carbocycles. The molecular weight excluding hydrogens is 411 g/mol. The molecule has 0 amide bonds. The number of hydrogen-bond acceptors (Lipinski definition) is 7. The van der Waals surface area contributed by atoms with Crippen LogP contribution in [0.3, 0.4) is 0 Å². The van der Waals surface area contributed by atoms with Crippen LogP contribution in [0.4, 0.5) is 4.39 Å². The first-order chi connectivity index (χ1) is 15.1. The summed E-state index contributed by atoms with van der Waals surface area (Å²) in [5.41, 5.74) is 2.35. The minimum Gasteiger partial charge on any atom is -0.504 e. The first-order valence-electron chi connectivity index (χ1n) is 10.5. The lowest BCUT2D eigenvalue weighted by Crippen LogP contribution is -2.58. The number of H-pyrrole nitrogens is 1. The summed E-state index contributed by atoms with van der Waals surface area (Å²) in [6, 6.07) is 4.98. The van der Waals surface area contributed by atoms with Crippen LogP contribution in [0.15, 0.2) is 30.6 Å². The molecule has 1 fully saturated rings. The third kappa shape index (κ3) is 3.50. The lowest BCUT2D eigenvalue weighted by molar-refractivity contribution is 0.127. The van der Waals surface area contributed by atoms with E-state index in [0.717, 1.165) is 12.8 Å². The molecule has 32 heavy (non-hydrogen) atoms. The van der Waals surface area contributed by atoms with E-state index in [1.165, 1.54) is 6.20 Å². The molecule has 166 valence electrons. The lowest BCUT2D eigenvalue weighted by Gasteiger charge is -2.46. The van der Waals surface area contributed by atoms with Gasteiger partial charge in [0.05, 0.1) is 17.9 Å². The molecule has 0 radical (unpaired) electrons. The standard InChI is InChI=1S/C22H25FN8O/c1-21(2)8-13(9-22(3,4)29-21)31-20-17(27-30-31)7-16(26-28-20)15-6-5-14(18(23)19(15)32)12-10-24-25-11-12/h5-7,10-11,13,29,32H,8-9H2,1-4H3,(H,24,25). The van der Waals surface area contributed by atoms with Crippen LogP contribution in [-0.2, 0) is 0 Å². The Hall–Kier alpha value is -3.40. The maximum absolute atomic E-state index is 14.8. The van der Waals surface area contributed by atoms with Crippen molar-refractivity contribution >= 4 is 11.2 Å². The molecule has 5 rings (SSSR count). The number of fused-ring (bicyclic) bond motifs is 1. The highest BCUT2D eigenvalue weighted by molar-refractivity contribution is 5.79. The summed E-state index contributed by atoms with van der Waals surface area (Å²) < 4.78 is 16.7. The zero-order chi connectivity index (χ0) is 22.7. The van der Waals surface area contributed by atoms with Gasteiger partial charge in [-0.05, 0) is 52.7 Å². The monoisotopic (exact) mass is 436 g/mol. The lowest BCUT2D eigenvalue weighted by atomic mass is 9.80. The van der Waals surface area contributed by atoms with E-state index in [9.17, 15) is 9.50 Å². The van der Waals surface area contributed by atoms with E-state index < -0.39 is 11.6 Å². The highest BCUT2D eigenvalue weighted by Crippen LogP contribution is 2.38. The number of halogens is 1. The SMILES string of the molecule is CC1(C)CC(n2nnc3cc(-c4ccc(-c5cn[nH]c5)c(F)c4O)nnc32)CC(C)(C)N1. The van der Waals surface area contributed by atoms with E-state index in [1.54, 1.807) is 24.4 Å². The Morgan fingerprint density at radius 1 is 1.06 bits per heavy atom. The topological polar surface area (TPSA) is 117 Å². The summed E-state index contributed by atoms with van der Waals surface area (Å²) in [4.78, 5) is 0. The zero-order valence-corrected chi connectivity index (χ0v) is 18.4. The minimum atomic E-state index is -0.742. The fraction of sp³-hybridized carbons (Fsp3) is 0.409. The van der Waals surface area contributed by atoms with Crippen molar-refractivity contribution in [3.05, 3.63) is 36.4 Å². The second kappa shape index (κ2) is 7.06. The Morgan fingerprint density at radius 3 is 2.47 bits per heavy atom. The third-order valence-electron chi connectivity index (χ3n) is 5.94. The zero-order valence-electron chi connectivity index (χ0n) is 18.4. The molecule has 1 aliphatic heterocycles. The van der Waals surface area contributed by atoms with Gasteiger partial charge in [0.15, 0.2) is 11.6 Å². The van der Waals surface area contributed by atoms with Crippen molar-refractivity contribution in [1.29, 1.82) is 0 Å². The maximum Gasteiger partial charge on any atom is 0.201 e. The molecular formula is C22H25FN8O. The average Bonchev–Trinajstić information content (AvgIpc) is 3.37. The van der Waals surface area contributed by atoms with Crippen molar-refractivity contribution in [3.8, 4) is 28.1 Å². The van der Waals surface area contributed by atoms with E-state index in [2.05, 4.69) is 63.7 Å². The van der Waals surface area contributed by atoms with E-state index in [-0.39, 0.29) is 28.2 Å². The Balaban J connectivity index is 1.52. The molecule has 1 aliphatic rings. The number of piperidine rings is 1. The van der Waals surface area contributed by atoms with Crippen LogP contribution in [0.25, 0.3) is 33.5 Å². The number of benzene rings is 1. The van der Waals surface area contributed by atoms with E-state index >= 15 is 0 Å². The Morgan fingerprint density at radius 2 is 1.78 bits per heavy atom. The van der Waals surface area contributed by atoms with Crippen LogP contribution in [-0.4, -0.2) is 51.6 Å². The molecule has 4 heterocycles. The van der Waals surface area contributed by atoms with Gasteiger partial charge in [-0.2, -0.15) is 5.10 Å². The molecule has 0 atom stereocenters. The van der Waals surface area contributed by atoms with E-state index in [1.807, 2.05) is 4.68 Å². The average molecular weight is 436 g/mol. The Labute approximate surface area is 184 Å². The van der Waals surface area contributed by atoms with Crippen molar-refractivity contribution in [1.82, 2.24) is 40.7 Å². The van der Waals surface area contributed by atoms with Gasteiger partial charge in [-0.15, -0.1) is 15.3 Å². The van der Waals surface area contributed by atoms with Crippen molar-refractivity contribution < 1.29 is 9.50 Å². The number of phenols is 1. The number of aromatic amines is 1. The van der Waals surface area contributed by atoms with Gasteiger partial charge in [-0.1, -0.05) is 11.3 Å². The summed E-state index contributed by atoms with van der Waals surface area (Å²) in [6.07, 6.45) is 4.80. The summed E-state index contributed by atoms with van der Waals surface area (Å²) in [5, 5.41) is 37.9. The van der Waals surface area contributed by atoms with Crippen LogP contribution in [0.2, 0.25) is 0 Å². The van der Waals surface area contributed by atoms with Gasteiger partial charge in [-0.25, -0.2) is 9.07 Å². The van der Waals surface area contributed by atoms with Gasteiger partial charge in [-0.3, -0.25) is 5.10 Å². The summed E-state index contributed by atoms with van der Waals surface area (Å²) in [6.45, 7) is 8.70. The summed E-state index contributed by atoms with van der Waals surface area (Å²) >= 11 is 0. The fourth-order valence-corrected chi connectivity index (χ4v) is 4.96. The maximum atomic E-state index is 14.8. The number of aromatic hydroxyl groups is 1. The van der Waals surface area contributed by atoms with Crippen LogP contribution in [0, 0.1) is 5.82 Å². The molecule has 0 saturated carbocycles. The van der Waals surface area contributed by atoms with Crippen LogP contribution in [0.1, 0.15) is 46.6 Å². The first-order valence-corrected chi connectivity index (χ1v) is 10.5. The quantitative estimate of drug-likeness (QED) is 0.449. The smallest absolute Gasteiger partial charge is 0.201 e. The molecule has 0 unspecified atom stereocenters. The molecule has 1 saturated heterocycles. The summed E-state index contributed by atoms with van der Waals surface area (Å²) in [5.74, 6) is -1.24. The number of nitrogens with zero attached hydrogens (tertiary/aromatic N) is 6. The molecule has 10 heteroatoms. The van der Waals surface area contributed by atoms with Gasteiger partial charge in [0.2, 0.25) is 5.65 Å². The number of phenolic OH excluding ortho intramolecular Hbond substituents is 1. The number of rotatable bonds is 3. The van der Waals surface area contributed by atoms with Gasteiger partial charge >= 0.3 is 0 Å². The number of aromatic nitrogens is 7. The van der Waals surface area contributed by atoms with Crippen LogP contribution < -0.4 is 5.32 Å². The van der Waals surface area contributed by atoms with E-state index in [4.69, 9.17) is 0 Å². The van der Waals surface area contributed by atoms with Gasteiger partial charge in [0.1, 0.15) is 5.52 Å². The normalized spacial score (nSPS) is 18.3. The molecule has 0 aliphatic carbocycles. The predicted octanol–water partition coefficient (Wildman–Crippen LogP) is 3.60. The number of hydrogen-bond donors (Lipinski definition) is 3. The highest BCUT2D eigenvalue weighted by Gasteiger charge is 2.39. The third-order valence-corrected chi connectivity index (χ3v) is 5.94. The fourth-order valence-electron chi connectivity index (χ4n) is 4.96. The molecule has 3 N–H and O–H groups in total. The Kier molecular flexibility index (Phi) is 4.52. The van der Waals surface area contributed by atoms with E-state index in [0.29, 0.717) is 22.4 Å². The van der Waals surface area contributed by atoms with Crippen LogP contribution in [0.5, 0.6) is 5.75 Å². The molecule has 0 bridgehead atoms. The van der Waals surface area contributed by atoms with Crippen molar-refractivity contribution in [2.24, 2.45) is 0 Å². The highest BCUT2D eigenvalue weighted by atomic mass is 19.1. The second-order valence-corrected chi connectivity index (χ2v) is 9.74. The predicted molar refractivity (Wildman–Crippen MR) is 117 cm³/mol. The molecule has 3 aromatic heterocycles. The Bertz CT molecular complexity index is 1280. The van der Waals surface area contributed by atoms with Gasteiger partial charge in [0, 0.05) is 34.0 Å². The first kappa shape index (κ1) is 20.5. The molecule has 9 nitrogen and oxygen atoms in total. The van der Waals surface area contributed by atoms with Gasteiger partial charge in [0.25, 0.3) is 0 Å². The van der Waals surface area contributed by atoms with Crippen molar-refractivity contribution in [3.63, 3.8) is 0 Å². The molecule has 4 aromatic rings.